The van der Waals surface area contributed by atoms with Gasteiger partial charge in [0.05, 0.1) is 12.7 Å². The van der Waals surface area contributed by atoms with Crippen LogP contribution in [0.1, 0.15) is 28.1 Å². The van der Waals surface area contributed by atoms with Crippen molar-refractivity contribution in [3.05, 3.63) is 21.9 Å². The van der Waals surface area contributed by atoms with Crippen LogP contribution < -0.4 is 0 Å². The normalized spacial score (nSPS) is 17.5. The van der Waals surface area contributed by atoms with Crippen molar-refractivity contribution in [2.75, 3.05) is 13.7 Å². The first-order chi connectivity index (χ1) is 7.19. The molecule has 1 aliphatic carbocycles. The quantitative estimate of drug-likeness (QED) is 0.797. The number of hydrogen-bond donors (Lipinski definition) is 1. The van der Waals surface area contributed by atoms with E-state index in [4.69, 9.17) is 0 Å². The van der Waals surface area contributed by atoms with Gasteiger partial charge < -0.3 is 9.84 Å². The second-order valence-corrected chi connectivity index (χ2v) is 5.12. The van der Waals surface area contributed by atoms with Crippen molar-refractivity contribution in [3.63, 3.8) is 0 Å². The number of hydrogen-bond acceptors (Lipinski definition) is 4. The second-order valence-electron chi connectivity index (χ2n) is 4.13. The molecule has 2 rings (SSSR count). The monoisotopic (exact) mass is 226 g/mol. The fourth-order valence-electron chi connectivity index (χ4n) is 1.64. The van der Waals surface area contributed by atoms with Crippen molar-refractivity contribution in [1.82, 2.24) is 0 Å². The summed E-state index contributed by atoms with van der Waals surface area (Å²) in [5, 5.41) is 11.0. The summed E-state index contributed by atoms with van der Waals surface area (Å²) < 4.78 is 4.64. The minimum Gasteiger partial charge on any atom is -0.465 e. The van der Waals surface area contributed by atoms with Crippen LogP contribution in [0, 0.1) is 5.41 Å². The topological polar surface area (TPSA) is 46.5 Å². The van der Waals surface area contributed by atoms with Crippen molar-refractivity contribution in [2.24, 2.45) is 5.41 Å². The van der Waals surface area contributed by atoms with Crippen LogP contribution >= 0.6 is 11.3 Å². The molecule has 82 valence electrons. The van der Waals surface area contributed by atoms with Gasteiger partial charge in [0.15, 0.2) is 0 Å². The molecule has 0 amide bonds. The second kappa shape index (κ2) is 3.94. The number of rotatable bonds is 4. The molecule has 1 aromatic heterocycles. The highest BCUT2D eigenvalue weighted by molar-refractivity contribution is 7.10. The van der Waals surface area contributed by atoms with Gasteiger partial charge in [-0.25, -0.2) is 4.79 Å². The third-order valence-electron chi connectivity index (χ3n) is 2.92. The largest absolute Gasteiger partial charge is 0.465 e. The minimum atomic E-state index is -0.286. The van der Waals surface area contributed by atoms with Crippen LogP contribution in [0.4, 0.5) is 0 Å². The first-order valence-corrected chi connectivity index (χ1v) is 5.84. The van der Waals surface area contributed by atoms with E-state index in [0.717, 1.165) is 24.1 Å². The number of aliphatic hydroxyl groups excluding tert-OH is 1. The third-order valence-corrected chi connectivity index (χ3v) is 3.85. The maximum atomic E-state index is 11.2. The first kappa shape index (κ1) is 10.6. The number of aliphatic hydroxyl groups is 1. The standard InChI is InChI=1S/C11H14O3S/c1-14-10(13)8-4-9(15-6-8)5-11(7-12)2-3-11/h4,6,12H,2-3,5,7H2,1H3. The van der Waals surface area contributed by atoms with Crippen LogP contribution in [0.2, 0.25) is 0 Å². The Hall–Kier alpha value is -0.870. The van der Waals surface area contributed by atoms with E-state index in [0.29, 0.717) is 5.56 Å². The molecule has 0 atom stereocenters. The molecule has 4 heteroatoms. The Morgan fingerprint density at radius 3 is 2.93 bits per heavy atom. The SMILES string of the molecule is COC(=O)c1csc(CC2(CO)CC2)c1. The molecule has 1 saturated carbocycles. The van der Waals surface area contributed by atoms with Gasteiger partial charge in [-0.05, 0) is 30.7 Å². The highest BCUT2D eigenvalue weighted by Crippen LogP contribution is 2.48. The van der Waals surface area contributed by atoms with Gasteiger partial charge in [0, 0.05) is 16.9 Å². The zero-order valence-corrected chi connectivity index (χ0v) is 9.47. The van der Waals surface area contributed by atoms with E-state index in [1.807, 2.05) is 11.4 Å². The number of esters is 1. The fraction of sp³-hybridized carbons (Fsp3) is 0.545. The summed E-state index contributed by atoms with van der Waals surface area (Å²) >= 11 is 1.56. The lowest BCUT2D eigenvalue weighted by Crippen LogP contribution is -2.09. The van der Waals surface area contributed by atoms with Crippen molar-refractivity contribution < 1.29 is 14.6 Å². The highest BCUT2D eigenvalue weighted by Gasteiger charge is 2.42. The van der Waals surface area contributed by atoms with E-state index >= 15 is 0 Å². The molecule has 0 radical (unpaired) electrons. The van der Waals surface area contributed by atoms with Crippen molar-refractivity contribution in [3.8, 4) is 0 Å². The van der Waals surface area contributed by atoms with Crippen LogP contribution in [-0.2, 0) is 11.2 Å². The Kier molecular flexibility index (Phi) is 2.80. The molecule has 1 aliphatic rings. The van der Waals surface area contributed by atoms with Gasteiger partial charge in [-0.1, -0.05) is 0 Å². The summed E-state index contributed by atoms with van der Waals surface area (Å²) in [5.74, 6) is -0.286. The third kappa shape index (κ3) is 2.21. The van der Waals surface area contributed by atoms with Crippen molar-refractivity contribution in [2.45, 2.75) is 19.3 Å². The predicted molar refractivity (Wildman–Crippen MR) is 58.1 cm³/mol. The Bertz CT molecular complexity index is 366. The molecule has 3 nitrogen and oxygen atoms in total. The molecule has 0 saturated heterocycles. The van der Waals surface area contributed by atoms with Gasteiger partial charge in [-0.3, -0.25) is 0 Å². The van der Waals surface area contributed by atoms with Crippen LogP contribution in [0.15, 0.2) is 11.4 Å². The van der Waals surface area contributed by atoms with Crippen LogP contribution in [0.5, 0.6) is 0 Å². The Labute approximate surface area is 92.7 Å². The number of carbonyl (C=O) groups is 1. The Morgan fingerprint density at radius 2 is 2.40 bits per heavy atom. The van der Waals surface area contributed by atoms with Gasteiger partial charge in [0.1, 0.15) is 0 Å². The van der Waals surface area contributed by atoms with Gasteiger partial charge in [0.2, 0.25) is 0 Å². The molecule has 1 aromatic rings. The minimum absolute atomic E-state index is 0.109. The maximum Gasteiger partial charge on any atom is 0.338 e. The molecule has 1 heterocycles. The molecule has 0 aliphatic heterocycles. The van der Waals surface area contributed by atoms with E-state index in [1.54, 1.807) is 11.3 Å². The number of methoxy groups -OCH3 is 1. The van der Waals surface area contributed by atoms with Crippen LogP contribution in [0.25, 0.3) is 0 Å². The summed E-state index contributed by atoms with van der Waals surface area (Å²) in [5.41, 5.74) is 0.726. The molecule has 0 bridgehead atoms. The van der Waals surface area contributed by atoms with E-state index in [2.05, 4.69) is 4.74 Å². The zero-order chi connectivity index (χ0) is 10.9. The van der Waals surface area contributed by atoms with E-state index in [9.17, 15) is 9.90 Å². The predicted octanol–water partition coefficient (Wildman–Crippen LogP) is 1.85. The molecular formula is C11H14O3S. The summed E-state index contributed by atoms with van der Waals surface area (Å²) in [4.78, 5) is 12.4. The Morgan fingerprint density at radius 1 is 1.67 bits per heavy atom. The molecule has 0 unspecified atom stereocenters. The van der Waals surface area contributed by atoms with Crippen LogP contribution in [-0.4, -0.2) is 24.8 Å². The summed E-state index contributed by atoms with van der Waals surface area (Å²) in [6.45, 7) is 0.248. The molecule has 1 N–H and O–H groups in total. The fourth-order valence-corrected chi connectivity index (χ4v) is 2.66. The maximum absolute atomic E-state index is 11.2. The number of carbonyl (C=O) groups excluding carboxylic acids is 1. The lowest BCUT2D eigenvalue weighted by Gasteiger charge is -2.08. The smallest absolute Gasteiger partial charge is 0.338 e. The summed E-state index contributed by atoms with van der Waals surface area (Å²) in [7, 11) is 1.38. The molecular weight excluding hydrogens is 212 g/mol. The summed E-state index contributed by atoms with van der Waals surface area (Å²) in [6.07, 6.45) is 3.06. The van der Waals surface area contributed by atoms with E-state index < -0.39 is 0 Å². The lowest BCUT2D eigenvalue weighted by molar-refractivity contribution is 0.0601. The number of thiophene rings is 1. The molecule has 1 fully saturated rings. The average Bonchev–Trinajstić information content (AvgIpc) is 2.87. The van der Waals surface area contributed by atoms with Crippen LogP contribution in [0.3, 0.4) is 0 Å². The Balaban J connectivity index is 2.04. The highest BCUT2D eigenvalue weighted by atomic mass is 32.1. The molecule has 0 spiro atoms. The van der Waals surface area contributed by atoms with E-state index in [-0.39, 0.29) is 18.0 Å². The first-order valence-electron chi connectivity index (χ1n) is 4.96. The number of ether oxygens (including phenoxy) is 1. The molecule has 0 aromatic carbocycles. The molecule has 15 heavy (non-hydrogen) atoms. The van der Waals surface area contributed by atoms with Gasteiger partial charge in [-0.15, -0.1) is 11.3 Å². The zero-order valence-electron chi connectivity index (χ0n) is 8.66. The summed E-state index contributed by atoms with van der Waals surface area (Å²) in [6, 6.07) is 1.87. The van der Waals surface area contributed by atoms with Gasteiger partial charge >= 0.3 is 5.97 Å². The van der Waals surface area contributed by atoms with Crippen molar-refractivity contribution in [1.29, 1.82) is 0 Å². The van der Waals surface area contributed by atoms with E-state index in [1.165, 1.54) is 7.11 Å². The lowest BCUT2D eigenvalue weighted by atomic mass is 10.0. The van der Waals surface area contributed by atoms with Gasteiger partial charge in [-0.2, -0.15) is 0 Å². The van der Waals surface area contributed by atoms with Gasteiger partial charge in [0.25, 0.3) is 0 Å². The van der Waals surface area contributed by atoms with Crippen molar-refractivity contribution >= 4 is 17.3 Å². The average molecular weight is 226 g/mol.